The SMILES string of the molecule is CC[C@@H]1[C@@H](Cc2ccnc(NC(=O)OC(C)(C)C)c2)C(=O)N1[Si](C)(C)C(C)(C)C.[B][B]B(B([B])[B])B(B([B])[B])B(B([B])[B])B([B])[B]. The number of amides is 2. The van der Waals surface area contributed by atoms with Gasteiger partial charge in [0, 0.05) is 134 Å². The van der Waals surface area contributed by atoms with Crippen LogP contribution >= 0.6 is 0 Å². The monoisotopic (exact) mass is 606 g/mol. The van der Waals surface area contributed by atoms with E-state index >= 15 is 0 Å². The standard InChI is InChI=1S/C22H37N3O3Si.B17/c1-10-17-16(19(26)25(17)29(8,9)22(5,6)7)13-15-11-12-23-18(14-15)24-20(27)28-21(2,3)4;1-10-15(11(2)3)17(14(8)9)16(12(4)5)13(6)7/h11-12,14,16-17H,10,13H2,1-9H3,(H,23,24,27);/t16-,17-;/m1./s1. The highest BCUT2D eigenvalue weighted by molar-refractivity contribution is 8.15. The molecule has 19 radical (unpaired) electrons. The van der Waals surface area contributed by atoms with E-state index in [4.69, 9.17) is 74.4 Å². The van der Waals surface area contributed by atoms with Crippen molar-refractivity contribution in [2.75, 3.05) is 5.32 Å². The van der Waals surface area contributed by atoms with E-state index in [1.165, 1.54) is 7.06 Å². The Labute approximate surface area is 296 Å². The second-order valence-corrected chi connectivity index (χ2v) is 19.8. The van der Waals surface area contributed by atoms with Crippen LogP contribution in [-0.4, -0.2) is 163 Å². The molecule has 1 aromatic heterocycles. The molecule has 1 aromatic rings. The molecule has 24 heteroatoms. The molecular weight excluding hydrogens is 566 g/mol. The number of carbonyl (C=O) groups excluding carboxylic acids is 2. The maximum absolute atomic E-state index is 13.1. The summed E-state index contributed by atoms with van der Waals surface area (Å²) in [5, 5.41) is 2.80. The first-order valence-electron chi connectivity index (χ1n) is 15.8. The molecule has 1 saturated heterocycles. The quantitative estimate of drug-likeness (QED) is 0.240. The summed E-state index contributed by atoms with van der Waals surface area (Å²) in [4.78, 5) is 29.3. The third-order valence-corrected chi connectivity index (χ3v) is 14.4. The average molecular weight is 603 g/mol. The van der Waals surface area contributed by atoms with Crippen LogP contribution in [0.2, 0.25) is 18.1 Å². The highest BCUT2D eigenvalue weighted by Gasteiger charge is 2.56. The molecule has 1 N–H and O–H groups in total. The van der Waals surface area contributed by atoms with E-state index in [0.717, 1.165) is 12.0 Å². The molecule has 1 fully saturated rings. The van der Waals surface area contributed by atoms with Crippen LogP contribution in [0.1, 0.15) is 60.5 Å². The van der Waals surface area contributed by atoms with Gasteiger partial charge in [0.15, 0.2) is 8.24 Å². The van der Waals surface area contributed by atoms with Gasteiger partial charge < -0.3 is 9.30 Å². The first-order chi connectivity index (χ1) is 20.9. The largest absolute Gasteiger partial charge is 0.444 e. The fourth-order valence-electron chi connectivity index (χ4n) is 5.73. The molecule has 1 aliphatic rings. The first-order valence-corrected chi connectivity index (χ1v) is 18.7. The lowest BCUT2D eigenvalue weighted by Crippen LogP contribution is -2.76. The minimum Gasteiger partial charge on any atom is -0.444 e. The van der Waals surface area contributed by atoms with Gasteiger partial charge in [-0.15, -0.1) is 0 Å². The van der Waals surface area contributed by atoms with Crippen LogP contribution in [0.5, 0.6) is 0 Å². The summed E-state index contributed by atoms with van der Waals surface area (Å²) in [5.74, 6) is 0.700. The zero-order valence-corrected chi connectivity index (χ0v) is 30.2. The van der Waals surface area contributed by atoms with Crippen LogP contribution in [0.3, 0.4) is 0 Å². The molecule has 0 aromatic carbocycles. The number of aromatic nitrogens is 1. The van der Waals surface area contributed by atoms with Crippen molar-refractivity contribution in [3.63, 3.8) is 0 Å². The Morgan fingerprint density at radius 1 is 0.978 bits per heavy atom. The predicted molar refractivity (Wildman–Crippen MR) is 217 cm³/mol. The van der Waals surface area contributed by atoms with E-state index in [1.807, 2.05) is 32.9 Å². The fourth-order valence-corrected chi connectivity index (χ4v) is 8.36. The van der Waals surface area contributed by atoms with E-state index in [2.05, 4.69) is 55.7 Å². The van der Waals surface area contributed by atoms with E-state index < -0.39 is 64.6 Å². The van der Waals surface area contributed by atoms with E-state index in [-0.39, 0.29) is 22.9 Å². The van der Waals surface area contributed by atoms with Gasteiger partial charge in [-0.3, -0.25) is 10.1 Å². The molecule has 0 saturated carbocycles. The third kappa shape index (κ3) is 11.7. The number of hydrogen-bond donors (Lipinski definition) is 1. The van der Waals surface area contributed by atoms with Crippen LogP contribution in [-0.2, 0) is 16.0 Å². The normalized spacial score (nSPS) is 16.1. The van der Waals surface area contributed by atoms with Gasteiger partial charge in [0.1, 0.15) is 11.4 Å². The van der Waals surface area contributed by atoms with Crippen molar-refractivity contribution in [3.05, 3.63) is 23.9 Å². The topological polar surface area (TPSA) is 71.5 Å². The highest BCUT2D eigenvalue weighted by Crippen LogP contribution is 2.46. The summed E-state index contributed by atoms with van der Waals surface area (Å²) in [7, 11) is 50.1. The van der Waals surface area contributed by atoms with Crippen molar-refractivity contribution >= 4 is 147 Å². The summed E-state index contributed by atoms with van der Waals surface area (Å²) in [5.41, 5.74) is 0.430. The Morgan fingerprint density at radius 3 is 1.89 bits per heavy atom. The van der Waals surface area contributed by atoms with Gasteiger partial charge in [0.05, 0.1) is 5.92 Å². The lowest BCUT2D eigenvalue weighted by Gasteiger charge is -2.58. The van der Waals surface area contributed by atoms with Crippen molar-refractivity contribution in [1.29, 1.82) is 0 Å². The molecule has 213 valence electrons. The number of nitrogens with one attached hydrogen (secondary N) is 1. The lowest BCUT2D eigenvalue weighted by molar-refractivity contribution is -0.148. The molecule has 0 spiro atoms. The van der Waals surface area contributed by atoms with Gasteiger partial charge in [0.25, 0.3) is 0 Å². The molecule has 1 aliphatic heterocycles. The number of anilines is 1. The summed E-state index contributed by atoms with van der Waals surface area (Å²) >= 11 is 0. The maximum Gasteiger partial charge on any atom is 0.413 e. The zero-order chi connectivity index (χ0) is 35.9. The molecule has 2 atom stereocenters. The maximum atomic E-state index is 13.1. The number of pyridine rings is 1. The number of hydrogen-bond acceptors (Lipinski definition) is 4. The molecular formula is C22H37B17N3O3Si. The van der Waals surface area contributed by atoms with Gasteiger partial charge in [0.2, 0.25) is 5.91 Å². The van der Waals surface area contributed by atoms with Crippen molar-refractivity contribution in [1.82, 2.24) is 9.55 Å². The molecule has 46 heavy (non-hydrogen) atoms. The number of carbonyl (C=O) groups is 2. The van der Waals surface area contributed by atoms with Crippen molar-refractivity contribution < 1.29 is 14.3 Å². The van der Waals surface area contributed by atoms with Crippen LogP contribution in [0.4, 0.5) is 10.6 Å². The van der Waals surface area contributed by atoms with Gasteiger partial charge in [-0.2, -0.15) is 0 Å². The summed E-state index contributed by atoms with van der Waals surface area (Å²) in [6, 6.07) is 4.02. The number of nitrogens with zero attached hydrogens (tertiary/aromatic N) is 2. The number of rotatable bonds is 12. The smallest absolute Gasteiger partial charge is 0.413 e. The Morgan fingerprint density at radius 2 is 1.50 bits per heavy atom. The van der Waals surface area contributed by atoms with Gasteiger partial charge in [-0.05, 0) is 56.3 Å². The second kappa shape index (κ2) is 17.7. The molecule has 2 amide bonds. The third-order valence-electron chi connectivity index (χ3n) is 9.00. The minimum atomic E-state index is -1.89. The average Bonchev–Trinajstić information content (AvgIpc) is 2.87. The van der Waals surface area contributed by atoms with Gasteiger partial charge >= 0.3 is 6.09 Å². The lowest BCUT2D eigenvalue weighted by atomic mass is 8.43. The minimum absolute atomic E-state index is 0.00842. The molecule has 0 unspecified atom stereocenters. The van der Waals surface area contributed by atoms with Gasteiger partial charge in [-0.25, -0.2) is 9.78 Å². The summed E-state index contributed by atoms with van der Waals surface area (Å²) in [6.07, 6.45) is -1.91. The van der Waals surface area contributed by atoms with Crippen molar-refractivity contribution in [3.8, 4) is 0 Å². The Bertz CT molecular complexity index is 1130. The highest BCUT2D eigenvalue weighted by atomic mass is 28.3. The first kappa shape index (κ1) is 43.2. The van der Waals surface area contributed by atoms with Gasteiger partial charge in [-0.1, -0.05) is 40.8 Å². The number of β-lactam (4-membered cyclic amide) rings is 1. The molecule has 2 heterocycles. The van der Waals surface area contributed by atoms with E-state index in [0.29, 0.717) is 12.2 Å². The van der Waals surface area contributed by atoms with E-state index in [1.54, 1.807) is 6.20 Å². The van der Waals surface area contributed by atoms with Crippen molar-refractivity contribution in [2.24, 2.45) is 5.92 Å². The fraction of sp³-hybridized carbons (Fsp3) is 0.682. The van der Waals surface area contributed by atoms with Crippen LogP contribution < -0.4 is 5.32 Å². The second-order valence-electron chi connectivity index (χ2n) is 14.7. The van der Waals surface area contributed by atoms with Crippen molar-refractivity contribution in [2.45, 2.75) is 91.1 Å². The van der Waals surface area contributed by atoms with Crippen LogP contribution in [0, 0.1) is 5.92 Å². The Balaban J connectivity index is 0.000000533. The number of ether oxygens (including phenoxy) is 1. The zero-order valence-electron chi connectivity index (χ0n) is 29.2. The molecule has 0 aliphatic carbocycles. The molecule has 6 nitrogen and oxygen atoms in total. The summed E-state index contributed by atoms with van der Waals surface area (Å²) < 4.78 is 7.49. The predicted octanol–water partition coefficient (Wildman–Crippen LogP) is -1.26. The van der Waals surface area contributed by atoms with Crippen LogP contribution in [0.15, 0.2) is 18.3 Å². The Kier molecular flexibility index (Phi) is 16.7. The van der Waals surface area contributed by atoms with E-state index in [9.17, 15) is 9.59 Å². The molecule has 0 bridgehead atoms. The summed E-state index contributed by atoms with van der Waals surface area (Å²) in [6.45, 7) is 18.9. The Hall–Kier alpha value is -0.789. The van der Waals surface area contributed by atoms with Crippen LogP contribution in [0.25, 0.3) is 0 Å². The molecule has 2 rings (SSSR count).